The third-order valence-electron chi connectivity index (χ3n) is 5.84. The third-order valence-corrected chi connectivity index (χ3v) is 5.84. The van der Waals surface area contributed by atoms with Crippen LogP contribution in [0.15, 0.2) is 18.2 Å². The second-order valence-electron chi connectivity index (χ2n) is 7.51. The van der Waals surface area contributed by atoms with E-state index < -0.39 is 0 Å². The molecule has 0 aromatic heterocycles. The smallest absolute Gasteiger partial charge is 0.260 e. The molecule has 1 aromatic rings. The first-order valence-corrected chi connectivity index (χ1v) is 9.76. The highest BCUT2D eigenvalue weighted by molar-refractivity contribution is 5.94. The summed E-state index contributed by atoms with van der Waals surface area (Å²) >= 11 is 0. The van der Waals surface area contributed by atoms with Crippen LogP contribution in [0.2, 0.25) is 0 Å². The number of benzene rings is 1. The monoisotopic (exact) mass is 357 g/mol. The van der Waals surface area contributed by atoms with Crippen LogP contribution in [0.5, 0.6) is 5.75 Å². The second-order valence-corrected chi connectivity index (χ2v) is 7.51. The Bertz CT molecular complexity index is 677. The molecule has 0 atom stereocenters. The van der Waals surface area contributed by atoms with Crippen molar-refractivity contribution in [2.45, 2.75) is 44.6 Å². The third kappa shape index (κ3) is 3.85. The molecule has 0 unspecified atom stereocenters. The number of rotatable bonds is 4. The molecule has 140 valence electrons. The number of nitrogens with one attached hydrogen (secondary N) is 1. The summed E-state index contributed by atoms with van der Waals surface area (Å²) in [6.07, 6.45) is 6.55. The minimum absolute atomic E-state index is 0.0538. The van der Waals surface area contributed by atoms with Crippen LogP contribution < -0.4 is 10.1 Å². The van der Waals surface area contributed by atoms with Gasteiger partial charge in [0, 0.05) is 44.3 Å². The first kappa shape index (κ1) is 17.3. The predicted octanol–water partition coefficient (Wildman–Crippen LogP) is 2.04. The average Bonchev–Trinajstić information content (AvgIpc) is 3.21. The van der Waals surface area contributed by atoms with Crippen molar-refractivity contribution in [1.29, 1.82) is 0 Å². The molecule has 0 bridgehead atoms. The Kier molecular flexibility index (Phi) is 5.11. The maximum absolute atomic E-state index is 12.5. The van der Waals surface area contributed by atoms with Gasteiger partial charge in [0.15, 0.2) is 6.61 Å². The molecule has 2 amide bonds. The molecule has 1 saturated carbocycles. The van der Waals surface area contributed by atoms with Gasteiger partial charge in [0.1, 0.15) is 5.75 Å². The fourth-order valence-electron chi connectivity index (χ4n) is 4.29. The van der Waals surface area contributed by atoms with Gasteiger partial charge in [0.2, 0.25) is 5.91 Å². The molecule has 0 radical (unpaired) electrons. The van der Waals surface area contributed by atoms with E-state index in [1.165, 1.54) is 25.7 Å². The Morgan fingerprint density at radius 3 is 2.65 bits per heavy atom. The molecular weight excluding hydrogens is 330 g/mol. The van der Waals surface area contributed by atoms with Crippen molar-refractivity contribution in [2.75, 3.05) is 38.1 Å². The van der Waals surface area contributed by atoms with E-state index in [4.69, 9.17) is 4.74 Å². The quantitative estimate of drug-likeness (QED) is 0.896. The lowest BCUT2D eigenvalue weighted by Crippen LogP contribution is -2.52. The van der Waals surface area contributed by atoms with Crippen LogP contribution in [0.25, 0.3) is 0 Å². The van der Waals surface area contributed by atoms with Crippen LogP contribution in [0.3, 0.4) is 0 Å². The normalized spacial score (nSPS) is 21.4. The molecule has 2 heterocycles. The Hall–Kier alpha value is -2.08. The van der Waals surface area contributed by atoms with E-state index in [-0.39, 0.29) is 18.4 Å². The van der Waals surface area contributed by atoms with Crippen LogP contribution >= 0.6 is 0 Å². The van der Waals surface area contributed by atoms with Crippen LogP contribution in [-0.2, 0) is 16.0 Å². The lowest BCUT2D eigenvalue weighted by atomic mass is 10.0. The minimum Gasteiger partial charge on any atom is -0.484 e. The summed E-state index contributed by atoms with van der Waals surface area (Å²) in [5.41, 5.74) is 1.92. The number of amides is 2. The molecule has 26 heavy (non-hydrogen) atoms. The van der Waals surface area contributed by atoms with Gasteiger partial charge in [-0.25, -0.2) is 0 Å². The van der Waals surface area contributed by atoms with Gasteiger partial charge in [-0.15, -0.1) is 0 Å². The summed E-state index contributed by atoms with van der Waals surface area (Å²) in [7, 11) is 0. The molecule has 1 N–H and O–H groups in total. The number of piperazine rings is 1. The topological polar surface area (TPSA) is 61.9 Å². The van der Waals surface area contributed by atoms with Gasteiger partial charge in [-0.05, 0) is 43.0 Å². The Labute approximate surface area is 154 Å². The summed E-state index contributed by atoms with van der Waals surface area (Å²) in [4.78, 5) is 28.3. The van der Waals surface area contributed by atoms with Crippen LogP contribution in [0.1, 0.15) is 37.7 Å². The molecule has 6 heteroatoms. The number of fused-ring (bicyclic) bond motifs is 1. The van der Waals surface area contributed by atoms with E-state index >= 15 is 0 Å². The highest BCUT2D eigenvalue weighted by Crippen LogP contribution is 2.27. The molecule has 2 fully saturated rings. The molecule has 6 nitrogen and oxygen atoms in total. The zero-order chi connectivity index (χ0) is 17.9. The van der Waals surface area contributed by atoms with Crippen molar-refractivity contribution >= 4 is 17.5 Å². The van der Waals surface area contributed by atoms with Crippen molar-refractivity contribution in [3.8, 4) is 5.75 Å². The number of aryl methyl sites for hydroxylation is 1. The maximum atomic E-state index is 12.5. The number of carbonyl (C=O) groups is 2. The molecule has 1 aliphatic carbocycles. The summed E-state index contributed by atoms with van der Waals surface area (Å²) in [6.45, 7) is 3.64. The Morgan fingerprint density at radius 1 is 1.12 bits per heavy atom. The van der Waals surface area contributed by atoms with Crippen LogP contribution in [-0.4, -0.2) is 60.4 Å². The van der Waals surface area contributed by atoms with E-state index in [1.807, 2.05) is 23.1 Å². The zero-order valence-corrected chi connectivity index (χ0v) is 15.2. The van der Waals surface area contributed by atoms with Gasteiger partial charge in [-0.3, -0.25) is 14.5 Å². The van der Waals surface area contributed by atoms with Gasteiger partial charge in [0.25, 0.3) is 5.91 Å². The van der Waals surface area contributed by atoms with Gasteiger partial charge < -0.3 is 15.0 Å². The summed E-state index contributed by atoms with van der Waals surface area (Å²) in [5.74, 6) is 0.804. The lowest BCUT2D eigenvalue weighted by Gasteiger charge is -2.38. The average molecular weight is 357 g/mol. The van der Waals surface area contributed by atoms with Crippen molar-refractivity contribution in [2.24, 2.45) is 0 Å². The summed E-state index contributed by atoms with van der Waals surface area (Å²) < 4.78 is 5.72. The van der Waals surface area contributed by atoms with Crippen molar-refractivity contribution in [1.82, 2.24) is 9.80 Å². The highest BCUT2D eigenvalue weighted by Gasteiger charge is 2.28. The standard InChI is InChI=1S/C20H27N3O3/c24-19-8-5-15-13-17(6-7-18(15)21-19)26-14-20(25)23-11-9-22(10-12-23)16-3-1-2-4-16/h6-7,13,16H,1-5,8-12,14H2,(H,21,24). The van der Waals surface area contributed by atoms with E-state index in [2.05, 4.69) is 10.2 Å². The van der Waals surface area contributed by atoms with Gasteiger partial charge >= 0.3 is 0 Å². The zero-order valence-electron chi connectivity index (χ0n) is 15.2. The molecule has 2 aliphatic heterocycles. The molecular formula is C20H27N3O3. The van der Waals surface area contributed by atoms with Gasteiger partial charge in [-0.2, -0.15) is 0 Å². The van der Waals surface area contributed by atoms with Crippen LogP contribution in [0, 0.1) is 0 Å². The van der Waals surface area contributed by atoms with Crippen molar-refractivity contribution < 1.29 is 14.3 Å². The first-order valence-electron chi connectivity index (χ1n) is 9.76. The van der Waals surface area contributed by atoms with Gasteiger partial charge in [0.05, 0.1) is 0 Å². The molecule has 4 rings (SSSR count). The Balaban J connectivity index is 1.26. The van der Waals surface area contributed by atoms with Crippen LogP contribution in [0.4, 0.5) is 5.69 Å². The molecule has 1 saturated heterocycles. The molecule has 3 aliphatic rings. The number of carbonyl (C=O) groups excluding carboxylic acids is 2. The number of anilines is 1. The summed E-state index contributed by atoms with van der Waals surface area (Å²) in [6, 6.07) is 6.34. The Morgan fingerprint density at radius 2 is 1.88 bits per heavy atom. The second kappa shape index (κ2) is 7.66. The number of nitrogens with zero attached hydrogens (tertiary/aromatic N) is 2. The first-order chi connectivity index (χ1) is 12.7. The highest BCUT2D eigenvalue weighted by atomic mass is 16.5. The minimum atomic E-state index is 0.0538. The fraction of sp³-hybridized carbons (Fsp3) is 0.600. The van der Waals surface area contributed by atoms with Gasteiger partial charge in [-0.1, -0.05) is 12.8 Å². The fourth-order valence-corrected chi connectivity index (χ4v) is 4.29. The van der Waals surface area contributed by atoms with Crippen molar-refractivity contribution in [3.63, 3.8) is 0 Å². The number of hydrogen-bond acceptors (Lipinski definition) is 4. The largest absolute Gasteiger partial charge is 0.484 e. The maximum Gasteiger partial charge on any atom is 0.260 e. The molecule has 1 aromatic carbocycles. The number of ether oxygens (including phenoxy) is 1. The van der Waals surface area contributed by atoms with Crippen molar-refractivity contribution in [3.05, 3.63) is 23.8 Å². The molecule has 0 spiro atoms. The lowest BCUT2D eigenvalue weighted by molar-refractivity contribution is -0.135. The SMILES string of the molecule is O=C1CCc2cc(OCC(=O)N3CCN(C4CCCC4)CC3)ccc2N1. The van der Waals surface area contributed by atoms with E-state index in [0.29, 0.717) is 12.2 Å². The predicted molar refractivity (Wildman–Crippen MR) is 99.3 cm³/mol. The van der Waals surface area contributed by atoms with E-state index in [1.54, 1.807) is 0 Å². The van der Waals surface area contributed by atoms with E-state index in [9.17, 15) is 9.59 Å². The number of hydrogen-bond donors (Lipinski definition) is 1. The van der Waals surface area contributed by atoms with E-state index in [0.717, 1.165) is 49.9 Å². The summed E-state index contributed by atoms with van der Waals surface area (Å²) in [5, 5.41) is 2.86.